The lowest BCUT2D eigenvalue weighted by Crippen LogP contribution is -2.06. The van der Waals surface area contributed by atoms with Crippen LogP contribution in [0.4, 0.5) is 5.69 Å². The fraction of sp³-hybridized carbons (Fsp3) is 0.368. The molecule has 1 aliphatic rings. The van der Waals surface area contributed by atoms with Gasteiger partial charge in [0, 0.05) is 5.69 Å². The van der Waals surface area contributed by atoms with E-state index in [1.54, 1.807) is 0 Å². The van der Waals surface area contributed by atoms with Crippen LogP contribution in [0.25, 0.3) is 11.1 Å². The lowest BCUT2D eigenvalue weighted by atomic mass is 9.98. The van der Waals surface area contributed by atoms with Crippen molar-refractivity contribution in [2.75, 3.05) is 5.73 Å². The molecule has 1 fully saturated rings. The first-order valence-corrected chi connectivity index (χ1v) is 7.80. The van der Waals surface area contributed by atoms with Gasteiger partial charge >= 0.3 is 0 Å². The molecule has 110 valence electrons. The summed E-state index contributed by atoms with van der Waals surface area (Å²) >= 11 is 0. The molecule has 0 amide bonds. The van der Waals surface area contributed by atoms with Gasteiger partial charge in [0.25, 0.3) is 0 Å². The van der Waals surface area contributed by atoms with Gasteiger partial charge in [-0.25, -0.2) is 0 Å². The van der Waals surface area contributed by atoms with Crippen molar-refractivity contribution in [3.8, 4) is 11.1 Å². The first-order chi connectivity index (χ1) is 10.2. The van der Waals surface area contributed by atoms with E-state index in [1.807, 2.05) is 12.1 Å². The van der Waals surface area contributed by atoms with Crippen LogP contribution < -0.4 is 5.73 Å². The third-order valence-electron chi connectivity index (χ3n) is 4.43. The number of hydrogen-bond donors (Lipinski definition) is 1. The highest BCUT2D eigenvalue weighted by Gasteiger charge is 2.15. The van der Waals surface area contributed by atoms with Crippen molar-refractivity contribution in [3.63, 3.8) is 0 Å². The van der Waals surface area contributed by atoms with E-state index in [1.165, 1.54) is 42.4 Å². The van der Waals surface area contributed by atoms with Crippen LogP contribution in [0.15, 0.2) is 42.5 Å². The Balaban J connectivity index is 1.70. The minimum Gasteiger partial charge on any atom is -0.398 e. The van der Waals surface area contributed by atoms with E-state index >= 15 is 0 Å². The van der Waals surface area contributed by atoms with Gasteiger partial charge in [-0.2, -0.15) is 0 Å². The maximum atomic E-state index is 5.99. The predicted octanol–water partition coefficient (Wildman–Crippen LogP) is 4.70. The molecule has 0 aliphatic heterocycles. The van der Waals surface area contributed by atoms with Gasteiger partial charge in [0.15, 0.2) is 0 Å². The second kappa shape index (κ2) is 6.31. The van der Waals surface area contributed by atoms with Crippen molar-refractivity contribution >= 4 is 5.69 Å². The van der Waals surface area contributed by atoms with Crippen LogP contribution in [0.2, 0.25) is 0 Å². The van der Waals surface area contributed by atoms with E-state index in [0.29, 0.717) is 6.10 Å². The molecule has 0 heterocycles. The first kappa shape index (κ1) is 14.2. The first-order valence-electron chi connectivity index (χ1n) is 7.80. The van der Waals surface area contributed by atoms with Gasteiger partial charge in [-0.3, -0.25) is 0 Å². The number of anilines is 1. The summed E-state index contributed by atoms with van der Waals surface area (Å²) in [4.78, 5) is 0. The Labute approximate surface area is 126 Å². The van der Waals surface area contributed by atoms with Crippen molar-refractivity contribution in [1.29, 1.82) is 0 Å². The average Bonchev–Trinajstić information content (AvgIpc) is 3.02. The second-order valence-corrected chi connectivity index (χ2v) is 5.93. The van der Waals surface area contributed by atoms with Crippen LogP contribution in [0.3, 0.4) is 0 Å². The van der Waals surface area contributed by atoms with Crippen LogP contribution in [-0.4, -0.2) is 6.10 Å². The van der Waals surface area contributed by atoms with E-state index in [2.05, 4.69) is 37.3 Å². The van der Waals surface area contributed by atoms with E-state index in [-0.39, 0.29) is 0 Å². The zero-order valence-electron chi connectivity index (χ0n) is 12.6. The van der Waals surface area contributed by atoms with Crippen LogP contribution in [0.5, 0.6) is 0 Å². The minimum atomic E-state index is 0.473. The lowest BCUT2D eigenvalue weighted by molar-refractivity contribution is 0.0457. The predicted molar refractivity (Wildman–Crippen MR) is 88.1 cm³/mol. The summed E-state index contributed by atoms with van der Waals surface area (Å²) in [6.45, 7) is 2.79. The third kappa shape index (κ3) is 3.27. The van der Waals surface area contributed by atoms with Crippen LogP contribution in [0.1, 0.15) is 36.8 Å². The molecule has 2 N–H and O–H groups in total. The molecule has 2 aromatic carbocycles. The van der Waals surface area contributed by atoms with Crippen LogP contribution in [0, 0.1) is 6.92 Å². The monoisotopic (exact) mass is 281 g/mol. The Morgan fingerprint density at radius 2 is 1.76 bits per heavy atom. The van der Waals surface area contributed by atoms with E-state index in [0.717, 1.165) is 17.9 Å². The minimum absolute atomic E-state index is 0.473. The Hall–Kier alpha value is -1.80. The van der Waals surface area contributed by atoms with Gasteiger partial charge in [-0.1, -0.05) is 49.2 Å². The second-order valence-electron chi connectivity index (χ2n) is 5.93. The Kier molecular flexibility index (Phi) is 4.26. The van der Waals surface area contributed by atoms with Gasteiger partial charge in [0.05, 0.1) is 12.7 Å². The van der Waals surface area contributed by atoms with E-state index in [9.17, 15) is 0 Å². The Bertz CT molecular complexity index is 597. The van der Waals surface area contributed by atoms with Gasteiger partial charge in [0.2, 0.25) is 0 Å². The molecule has 3 rings (SSSR count). The summed E-state index contributed by atoms with van der Waals surface area (Å²) in [5, 5.41) is 0. The van der Waals surface area contributed by atoms with Gasteiger partial charge in [-0.05, 0) is 48.1 Å². The van der Waals surface area contributed by atoms with Crippen LogP contribution in [-0.2, 0) is 11.3 Å². The molecule has 0 unspecified atom stereocenters. The van der Waals surface area contributed by atoms with Gasteiger partial charge < -0.3 is 10.5 Å². The molecule has 21 heavy (non-hydrogen) atoms. The van der Waals surface area contributed by atoms with Crippen molar-refractivity contribution in [1.82, 2.24) is 0 Å². The van der Waals surface area contributed by atoms with E-state index in [4.69, 9.17) is 10.5 Å². The van der Waals surface area contributed by atoms with Crippen molar-refractivity contribution in [2.24, 2.45) is 0 Å². The molecule has 0 spiro atoms. The quantitative estimate of drug-likeness (QED) is 0.824. The number of benzene rings is 2. The number of rotatable bonds is 4. The summed E-state index contributed by atoms with van der Waals surface area (Å²) in [5.74, 6) is 0. The number of nitrogen functional groups attached to an aromatic ring is 1. The zero-order valence-corrected chi connectivity index (χ0v) is 12.6. The molecule has 2 aromatic rings. The highest BCUT2D eigenvalue weighted by molar-refractivity contribution is 5.72. The lowest BCUT2D eigenvalue weighted by Gasteiger charge is -2.12. The van der Waals surface area contributed by atoms with E-state index < -0.39 is 0 Å². The molecular formula is C19H23NO. The standard InChI is InChI=1S/C19H23NO/c1-14-18(7-4-8-19(14)20)16-11-9-15(10-12-16)13-21-17-5-2-3-6-17/h4,7-12,17H,2-3,5-6,13,20H2,1H3. The molecule has 0 bridgehead atoms. The summed E-state index contributed by atoms with van der Waals surface area (Å²) < 4.78 is 5.96. The normalized spacial score (nSPS) is 15.5. The SMILES string of the molecule is Cc1c(N)cccc1-c1ccc(COC2CCCC2)cc1. The van der Waals surface area contributed by atoms with Crippen LogP contribution >= 0.6 is 0 Å². The topological polar surface area (TPSA) is 35.2 Å². The molecule has 2 heteroatoms. The molecule has 0 saturated heterocycles. The summed E-state index contributed by atoms with van der Waals surface area (Å²) in [5.41, 5.74) is 11.6. The molecule has 1 saturated carbocycles. The number of nitrogens with two attached hydrogens (primary N) is 1. The Morgan fingerprint density at radius 1 is 1.05 bits per heavy atom. The summed E-state index contributed by atoms with van der Waals surface area (Å²) in [6, 6.07) is 14.7. The number of ether oxygens (including phenoxy) is 1. The molecule has 0 radical (unpaired) electrons. The maximum Gasteiger partial charge on any atom is 0.0720 e. The average molecular weight is 281 g/mol. The molecule has 0 aromatic heterocycles. The Morgan fingerprint density at radius 3 is 2.48 bits per heavy atom. The smallest absolute Gasteiger partial charge is 0.0720 e. The zero-order chi connectivity index (χ0) is 14.7. The van der Waals surface area contributed by atoms with Crippen molar-refractivity contribution in [2.45, 2.75) is 45.3 Å². The summed E-state index contributed by atoms with van der Waals surface area (Å²) in [7, 11) is 0. The van der Waals surface area contributed by atoms with Gasteiger partial charge in [-0.15, -0.1) is 0 Å². The fourth-order valence-electron chi connectivity index (χ4n) is 3.02. The van der Waals surface area contributed by atoms with Crippen molar-refractivity contribution in [3.05, 3.63) is 53.6 Å². The maximum absolute atomic E-state index is 5.99. The molecule has 2 nitrogen and oxygen atoms in total. The largest absolute Gasteiger partial charge is 0.398 e. The van der Waals surface area contributed by atoms with Crippen molar-refractivity contribution < 1.29 is 4.74 Å². The van der Waals surface area contributed by atoms with Gasteiger partial charge in [0.1, 0.15) is 0 Å². The molecule has 1 aliphatic carbocycles. The molecular weight excluding hydrogens is 258 g/mol. The fourth-order valence-corrected chi connectivity index (χ4v) is 3.02. The summed E-state index contributed by atoms with van der Waals surface area (Å²) in [6.07, 6.45) is 5.55. The molecule has 0 atom stereocenters. The highest BCUT2D eigenvalue weighted by atomic mass is 16.5. The number of hydrogen-bond acceptors (Lipinski definition) is 2. The highest BCUT2D eigenvalue weighted by Crippen LogP contribution is 2.27. The third-order valence-corrected chi connectivity index (χ3v) is 4.43.